The number of aromatic nitrogens is 4. The highest BCUT2D eigenvalue weighted by atomic mass is 16.1. The van der Waals surface area contributed by atoms with E-state index in [2.05, 4.69) is 20.4 Å². The highest BCUT2D eigenvalue weighted by Gasteiger charge is 2.09. The van der Waals surface area contributed by atoms with Crippen LogP contribution in [-0.4, -0.2) is 25.7 Å². The number of amides is 1. The van der Waals surface area contributed by atoms with Crippen molar-refractivity contribution in [3.05, 3.63) is 66.2 Å². The van der Waals surface area contributed by atoms with Crippen molar-refractivity contribution in [2.24, 2.45) is 0 Å². The largest absolute Gasteiger partial charge is 0.294 e. The Bertz CT molecular complexity index is 798. The van der Waals surface area contributed by atoms with Crippen molar-refractivity contribution >= 4 is 11.9 Å². The summed E-state index contributed by atoms with van der Waals surface area (Å²) >= 11 is 0. The average molecular weight is 307 g/mol. The van der Waals surface area contributed by atoms with Crippen molar-refractivity contribution in [3.63, 3.8) is 0 Å². The first-order chi connectivity index (χ1) is 11.2. The third kappa shape index (κ3) is 3.79. The van der Waals surface area contributed by atoms with E-state index in [9.17, 15) is 4.79 Å². The lowest BCUT2D eigenvalue weighted by molar-refractivity contribution is -0.115. The topological polar surface area (TPSA) is 72.7 Å². The molecule has 0 aliphatic rings. The predicted octanol–water partition coefficient (Wildman–Crippen LogP) is 2.41. The van der Waals surface area contributed by atoms with Crippen molar-refractivity contribution in [3.8, 4) is 5.69 Å². The fourth-order valence-corrected chi connectivity index (χ4v) is 2.17. The molecule has 6 heteroatoms. The summed E-state index contributed by atoms with van der Waals surface area (Å²) in [6.07, 6.45) is 4.46. The van der Waals surface area contributed by atoms with E-state index in [1.54, 1.807) is 10.9 Å². The number of carbonyl (C=O) groups excluding carboxylic acids is 1. The predicted molar refractivity (Wildman–Crippen MR) is 87.3 cm³/mol. The van der Waals surface area contributed by atoms with Crippen LogP contribution in [0.25, 0.3) is 5.69 Å². The van der Waals surface area contributed by atoms with E-state index in [1.807, 2.05) is 55.6 Å². The van der Waals surface area contributed by atoms with E-state index in [4.69, 9.17) is 0 Å². The standard InChI is InChI=1S/C17H17N5O/c1-2-13-8-10-18-17(19-13)20-16(23)12-14-9-11-22(21-14)15-6-4-3-5-7-15/h3-11H,2,12H2,1H3,(H,18,19,20,23). The number of para-hydroxylation sites is 1. The number of carbonyl (C=O) groups is 1. The Labute approximate surface area is 134 Å². The Morgan fingerprint density at radius 1 is 1.13 bits per heavy atom. The van der Waals surface area contributed by atoms with Gasteiger partial charge in [-0.1, -0.05) is 25.1 Å². The third-order valence-electron chi connectivity index (χ3n) is 3.33. The fourth-order valence-electron chi connectivity index (χ4n) is 2.17. The molecule has 23 heavy (non-hydrogen) atoms. The van der Waals surface area contributed by atoms with Gasteiger partial charge in [0, 0.05) is 18.1 Å². The fraction of sp³-hybridized carbons (Fsp3) is 0.176. The van der Waals surface area contributed by atoms with Gasteiger partial charge in [0.1, 0.15) is 0 Å². The van der Waals surface area contributed by atoms with Gasteiger partial charge in [0.2, 0.25) is 11.9 Å². The van der Waals surface area contributed by atoms with Gasteiger partial charge >= 0.3 is 0 Å². The summed E-state index contributed by atoms with van der Waals surface area (Å²) in [6.45, 7) is 2.00. The van der Waals surface area contributed by atoms with Gasteiger partial charge in [-0.3, -0.25) is 10.1 Å². The number of hydrogen-bond acceptors (Lipinski definition) is 4. The van der Waals surface area contributed by atoms with Crippen LogP contribution < -0.4 is 5.32 Å². The molecule has 1 N–H and O–H groups in total. The van der Waals surface area contributed by atoms with Crippen LogP contribution in [0.3, 0.4) is 0 Å². The Morgan fingerprint density at radius 2 is 1.96 bits per heavy atom. The highest BCUT2D eigenvalue weighted by molar-refractivity contribution is 5.90. The zero-order valence-electron chi connectivity index (χ0n) is 12.8. The second kappa shape index (κ2) is 6.83. The number of nitrogens with one attached hydrogen (secondary N) is 1. The van der Waals surface area contributed by atoms with Crippen molar-refractivity contribution in [1.82, 2.24) is 19.7 Å². The molecule has 0 saturated heterocycles. The molecule has 0 aliphatic carbocycles. The number of aryl methyl sites for hydroxylation is 1. The van der Waals surface area contributed by atoms with Crippen LogP contribution in [0.15, 0.2) is 54.9 Å². The van der Waals surface area contributed by atoms with Crippen LogP contribution in [0.4, 0.5) is 5.95 Å². The molecule has 2 aromatic heterocycles. The Morgan fingerprint density at radius 3 is 2.74 bits per heavy atom. The van der Waals surface area contributed by atoms with Crippen LogP contribution >= 0.6 is 0 Å². The quantitative estimate of drug-likeness (QED) is 0.785. The van der Waals surface area contributed by atoms with E-state index < -0.39 is 0 Å². The van der Waals surface area contributed by atoms with Crippen molar-refractivity contribution in [2.75, 3.05) is 5.32 Å². The summed E-state index contributed by atoms with van der Waals surface area (Å²) in [5, 5.41) is 7.11. The Kier molecular flexibility index (Phi) is 4.42. The summed E-state index contributed by atoms with van der Waals surface area (Å²) in [7, 11) is 0. The Hall–Kier alpha value is -3.02. The molecule has 0 unspecified atom stereocenters. The van der Waals surface area contributed by atoms with Crippen LogP contribution in [0.2, 0.25) is 0 Å². The molecule has 116 valence electrons. The third-order valence-corrected chi connectivity index (χ3v) is 3.33. The van der Waals surface area contributed by atoms with E-state index in [1.165, 1.54) is 0 Å². The minimum Gasteiger partial charge on any atom is -0.294 e. The summed E-state index contributed by atoms with van der Waals surface area (Å²) in [5.74, 6) is 0.147. The lowest BCUT2D eigenvalue weighted by atomic mass is 10.3. The lowest BCUT2D eigenvalue weighted by Gasteiger charge is -2.03. The first-order valence-corrected chi connectivity index (χ1v) is 7.46. The van der Waals surface area contributed by atoms with Gasteiger partial charge in [-0.2, -0.15) is 5.10 Å². The molecule has 1 amide bonds. The first kappa shape index (κ1) is 14.9. The number of hydrogen-bond donors (Lipinski definition) is 1. The van der Waals surface area contributed by atoms with Gasteiger partial charge in [-0.05, 0) is 30.7 Å². The van der Waals surface area contributed by atoms with E-state index >= 15 is 0 Å². The molecule has 0 bridgehead atoms. The maximum atomic E-state index is 12.1. The lowest BCUT2D eigenvalue weighted by Crippen LogP contribution is -2.17. The van der Waals surface area contributed by atoms with Crippen molar-refractivity contribution in [1.29, 1.82) is 0 Å². The summed E-state index contributed by atoms with van der Waals surface area (Å²) in [5.41, 5.74) is 2.54. The summed E-state index contributed by atoms with van der Waals surface area (Å²) in [4.78, 5) is 20.4. The number of rotatable bonds is 5. The number of nitrogens with zero attached hydrogens (tertiary/aromatic N) is 4. The van der Waals surface area contributed by atoms with Gasteiger partial charge < -0.3 is 0 Å². The molecule has 0 radical (unpaired) electrons. The molecule has 0 fully saturated rings. The number of benzene rings is 1. The summed E-state index contributed by atoms with van der Waals surface area (Å²) < 4.78 is 1.75. The van der Waals surface area contributed by atoms with Gasteiger partial charge in [0.25, 0.3) is 0 Å². The van der Waals surface area contributed by atoms with E-state index in [-0.39, 0.29) is 12.3 Å². The highest BCUT2D eigenvalue weighted by Crippen LogP contribution is 2.08. The van der Waals surface area contributed by atoms with Crippen molar-refractivity contribution in [2.45, 2.75) is 19.8 Å². The first-order valence-electron chi connectivity index (χ1n) is 7.46. The smallest absolute Gasteiger partial charge is 0.232 e. The second-order valence-electron chi connectivity index (χ2n) is 5.04. The van der Waals surface area contributed by atoms with Crippen LogP contribution in [0.1, 0.15) is 18.3 Å². The zero-order chi connectivity index (χ0) is 16.1. The van der Waals surface area contributed by atoms with E-state index in [0.717, 1.165) is 17.8 Å². The van der Waals surface area contributed by atoms with Crippen LogP contribution in [-0.2, 0) is 17.6 Å². The molecule has 0 atom stereocenters. The molecule has 3 aromatic rings. The molecule has 6 nitrogen and oxygen atoms in total. The molecule has 3 rings (SSSR count). The molecule has 1 aromatic carbocycles. The number of anilines is 1. The molecular weight excluding hydrogens is 290 g/mol. The maximum absolute atomic E-state index is 12.1. The minimum absolute atomic E-state index is 0.180. The van der Waals surface area contributed by atoms with Gasteiger partial charge in [-0.15, -0.1) is 0 Å². The monoisotopic (exact) mass is 307 g/mol. The maximum Gasteiger partial charge on any atom is 0.232 e. The molecule has 2 heterocycles. The Balaban J connectivity index is 1.65. The SMILES string of the molecule is CCc1ccnc(NC(=O)Cc2ccn(-c3ccccc3)n2)n1. The van der Waals surface area contributed by atoms with Crippen LogP contribution in [0.5, 0.6) is 0 Å². The van der Waals surface area contributed by atoms with Crippen LogP contribution in [0, 0.1) is 0 Å². The van der Waals surface area contributed by atoms with Crippen molar-refractivity contribution < 1.29 is 4.79 Å². The molecule has 0 saturated carbocycles. The molecule has 0 aliphatic heterocycles. The average Bonchev–Trinajstić information content (AvgIpc) is 3.04. The molecule has 0 spiro atoms. The van der Waals surface area contributed by atoms with E-state index in [0.29, 0.717) is 11.6 Å². The van der Waals surface area contributed by atoms with Gasteiger partial charge in [-0.25, -0.2) is 14.6 Å². The normalized spacial score (nSPS) is 10.5. The molecular formula is C17H17N5O. The zero-order valence-corrected chi connectivity index (χ0v) is 12.8. The van der Waals surface area contributed by atoms with Gasteiger partial charge in [0.15, 0.2) is 0 Å². The summed E-state index contributed by atoms with van der Waals surface area (Å²) in [6, 6.07) is 13.4. The second-order valence-corrected chi connectivity index (χ2v) is 5.04. The van der Waals surface area contributed by atoms with Gasteiger partial charge in [0.05, 0.1) is 17.8 Å². The minimum atomic E-state index is -0.184.